The molecule has 56 valence electrons. The van der Waals surface area contributed by atoms with Crippen LogP contribution in [0.4, 0.5) is 0 Å². The molecule has 2 heteroatoms. The van der Waals surface area contributed by atoms with Crippen LogP contribution in [0.25, 0.3) is 10.8 Å². The fraction of sp³-hybridized carbons (Fsp3) is 0. The minimum atomic E-state index is 0. The maximum Gasteiger partial charge on any atom is 0.116 e. The average Bonchev–Trinajstić information content (AvgIpc) is 2.04. The second-order valence-electron chi connectivity index (χ2n) is 2.53. The van der Waals surface area contributed by atoms with Crippen LogP contribution in [0.15, 0.2) is 42.5 Å². The standard InChI is InChI=1S/C10H8O.Ba/c11-10-6-5-8-3-1-2-4-9(8)7-10;/h1-7,11H;. The first-order chi connectivity index (χ1) is 5.36. The van der Waals surface area contributed by atoms with Crippen LogP contribution in [0.5, 0.6) is 5.75 Å². The van der Waals surface area contributed by atoms with Gasteiger partial charge in [-0.2, -0.15) is 0 Å². The van der Waals surface area contributed by atoms with Gasteiger partial charge in [0.2, 0.25) is 0 Å². The Morgan fingerprint density at radius 2 is 1.50 bits per heavy atom. The van der Waals surface area contributed by atoms with E-state index in [-0.39, 0.29) is 48.9 Å². The van der Waals surface area contributed by atoms with E-state index in [1.165, 1.54) is 0 Å². The number of fused-ring (bicyclic) bond motifs is 1. The predicted molar refractivity (Wildman–Crippen MR) is 51.4 cm³/mol. The summed E-state index contributed by atoms with van der Waals surface area (Å²) in [4.78, 5) is 0. The minimum absolute atomic E-state index is 0. The fourth-order valence-corrected chi connectivity index (χ4v) is 1.18. The van der Waals surface area contributed by atoms with E-state index in [9.17, 15) is 0 Å². The second kappa shape index (κ2) is 4.35. The van der Waals surface area contributed by atoms with E-state index in [2.05, 4.69) is 0 Å². The van der Waals surface area contributed by atoms with Gasteiger partial charge in [0.25, 0.3) is 0 Å². The Labute approximate surface area is 111 Å². The smallest absolute Gasteiger partial charge is 0.116 e. The summed E-state index contributed by atoms with van der Waals surface area (Å²) in [7, 11) is 0. The van der Waals surface area contributed by atoms with Crippen molar-refractivity contribution in [3.05, 3.63) is 42.5 Å². The van der Waals surface area contributed by atoms with Gasteiger partial charge >= 0.3 is 0 Å². The molecule has 12 heavy (non-hydrogen) atoms. The van der Waals surface area contributed by atoms with Gasteiger partial charge in [-0.3, -0.25) is 0 Å². The van der Waals surface area contributed by atoms with E-state index in [1.807, 2.05) is 30.3 Å². The molecule has 2 radical (unpaired) electrons. The molecular weight excluding hydrogens is 273 g/mol. The number of phenols is 1. The van der Waals surface area contributed by atoms with Crippen LogP contribution in [-0.4, -0.2) is 54.0 Å². The van der Waals surface area contributed by atoms with Crippen molar-refractivity contribution in [2.24, 2.45) is 0 Å². The molecule has 0 saturated heterocycles. The van der Waals surface area contributed by atoms with Crippen LogP contribution in [-0.2, 0) is 0 Å². The van der Waals surface area contributed by atoms with Crippen molar-refractivity contribution < 1.29 is 5.11 Å². The van der Waals surface area contributed by atoms with E-state index >= 15 is 0 Å². The number of rotatable bonds is 0. The molecule has 0 aliphatic rings. The zero-order valence-corrected chi connectivity index (χ0v) is 11.1. The molecule has 0 amide bonds. The molecule has 2 aromatic carbocycles. The van der Waals surface area contributed by atoms with E-state index in [4.69, 9.17) is 5.11 Å². The first kappa shape index (κ1) is 10.2. The van der Waals surface area contributed by atoms with E-state index < -0.39 is 0 Å². The van der Waals surface area contributed by atoms with Gasteiger partial charge in [-0.25, -0.2) is 0 Å². The van der Waals surface area contributed by atoms with Crippen molar-refractivity contribution in [3.63, 3.8) is 0 Å². The third-order valence-corrected chi connectivity index (χ3v) is 1.73. The molecule has 0 saturated carbocycles. The Morgan fingerprint density at radius 3 is 2.25 bits per heavy atom. The minimum Gasteiger partial charge on any atom is -0.508 e. The molecule has 0 unspecified atom stereocenters. The molecule has 0 spiro atoms. The maximum absolute atomic E-state index is 9.13. The van der Waals surface area contributed by atoms with Crippen molar-refractivity contribution in [2.75, 3.05) is 0 Å². The van der Waals surface area contributed by atoms with Crippen molar-refractivity contribution >= 4 is 59.7 Å². The number of hydrogen-bond acceptors (Lipinski definition) is 1. The summed E-state index contributed by atoms with van der Waals surface area (Å²) in [6, 6.07) is 13.3. The van der Waals surface area contributed by atoms with Crippen LogP contribution < -0.4 is 0 Å². The first-order valence-electron chi connectivity index (χ1n) is 3.54. The van der Waals surface area contributed by atoms with Crippen LogP contribution in [0.3, 0.4) is 0 Å². The van der Waals surface area contributed by atoms with Crippen LogP contribution >= 0.6 is 0 Å². The molecule has 0 heterocycles. The Bertz CT molecular complexity index is 384. The molecule has 1 nitrogen and oxygen atoms in total. The number of benzene rings is 2. The van der Waals surface area contributed by atoms with Gasteiger partial charge < -0.3 is 5.11 Å². The summed E-state index contributed by atoms with van der Waals surface area (Å²) in [6.45, 7) is 0. The van der Waals surface area contributed by atoms with Gasteiger partial charge in [0.15, 0.2) is 0 Å². The van der Waals surface area contributed by atoms with E-state index in [0.29, 0.717) is 5.75 Å². The molecule has 0 atom stereocenters. The van der Waals surface area contributed by atoms with Gasteiger partial charge in [0, 0.05) is 48.9 Å². The SMILES string of the molecule is Oc1ccc2ccccc2c1.[Ba]. The number of hydrogen-bond donors (Lipinski definition) is 1. The zero-order valence-electron chi connectivity index (χ0n) is 6.70. The molecule has 2 rings (SSSR count). The van der Waals surface area contributed by atoms with Crippen molar-refractivity contribution in [1.82, 2.24) is 0 Å². The quantitative estimate of drug-likeness (QED) is 0.734. The fourth-order valence-electron chi connectivity index (χ4n) is 1.18. The summed E-state index contributed by atoms with van der Waals surface area (Å²) >= 11 is 0. The molecule has 0 fully saturated rings. The van der Waals surface area contributed by atoms with Crippen LogP contribution in [0, 0.1) is 0 Å². The topological polar surface area (TPSA) is 20.2 Å². The summed E-state index contributed by atoms with van der Waals surface area (Å²) in [5.74, 6) is 0.323. The maximum atomic E-state index is 9.13. The molecule has 0 aliphatic carbocycles. The first-order valence-corrected chi connectivity index (χ1v) is 3.54. The summed E-state index contributed by atoms with van der Waals surface area (Å²) in [6.07, 6.45) is 0. The second-order valence-corrected chi connectivity index (χ2v) is 2.53. The van der Waals surface area contributed by atoms with Gasteiger partial charge in [-0.1, -0.05) is 30.3 Å². The molecular formula is C10H8BaO. The summed E-state index contributed by atoms with van der Waals surface area (Å²) < 4.78 is 0. The van der Waals surface area contributed by atoms with Crippen molar-refractivity contribution in [2.45, 2.75) is 0 Å². The predicted octanol–water partition coefficient (Wildman–Crippen LogP) is 2.16. The van der Waals surface area contributed by atoms with Gasteiger partial charge in [0.05, 0.1) is 0 Å². The third-order valence-electron chi connectivity index (χ3n) is 1.73. The number of phenolic OH excluding ortho intramolecular Hbond substituents is 1. The van der Waals surface area contributed by atoms with E-state index in [0.717, 1.165) is 10.8 Å². The average molecular weight is 282 g/mol. The monoisotopic (exact) mass is 282 g/mol. The molecule has 0 aromatic heterocycles. The molecule has 0 aliphatic heterocycles. The van der Waals surface area contributed by atoms with Crippen molar-refractivity contribution in [1.29, 1.82) is 0 Å². The van der Waals surface area contributed by atoms with Crippen LogP contribution in [0.2, 0.25) is 0 Å². The van der Waals surface area contributed by atoms with Crippen molar-refractivity contribution in [3.8, 4) is 5.75 Å². The largest absolute Gasteiger partial charge is 0.508 e. The third kappa shape index (κ3) is 2.06. The molecule has 2 aromatic rings. The summed E-state index contributed by atoms with van der Waals surface area (Å²) in [5, 5.41) is 11.4. The van der Waals surface area contributed by atoms with Gasteiger partial charge in [-0.15, -0.1) is 0 Å². The Hall–Kier alpha value is 0.0714. The molecule has 0 bridgehead atoms. The Balaban J connectivity index is 0.000000720. The van der Waals surface area contributed by atoms with Crippen LogP contribution in [0.1, 0.15) is 0 Å². The zero-order chi connectivity index (χ0) is 7.68. The number of aromatic hydroxyl groups is 1. The summed E-state index contributed by atoms with van der Waals surface area (Å²) in [5.41, 5.74) is 0. The van der Waals surface area contributed by atoms with Gasteiger partial charge in [0.1, 0.15) is 5.75 Å². The molecule has 1 N–H and O–H groups in total. The Kier molecular flexibility index (Phi) is 3.68. The van der Waals surface area contributed by atoms with Gasteiger partial charge in [-0.05, 0) is 22.9 Å². The Morgan fingerprint density at radius 1 is 0.833 bits per heavy atom. The normalized spacial score (nSPS) is 9.33. The van der Waals surface area contributed by atoms with E-state index in [1.54, 1.807) is 12.1 Å².